The van der Waals surface area contributed by atoms with E-state index in [2.05, 4.69) is 4.98 Å². The summed E-state index contributed by atoms with van der Waals surface area (Å²) in [5.41, 5.74) is 0.683. The van der Waals surface area contributed by atoms with Gasteiger partial charge in [-0.15, -0.1) is 0 Å². The Morgan fingerprint density at radius 2 is 1.88 bits per heavy atom. The summed E-state index contributed by atoms with van der Waals surface area (Å²) in [5, 5.41) is 0.544. The standard InChI is InChI=1S/C18H17N3O3S/c1-20(2)11-9-18(22)16-13-21(17-12-19-10-8-15(16)17)25(23,24)14-6-4-3-5-7-14/h3-13H,1-2H3/b11-9+. The lowest BCUT2D eigenvalue weighted by Gasteiger charge is -2.06. The molecule has 2 heterocycles. The Morgan fingerprint density at radius 1 is 1.16 bits per heavy atom. The molecule has 0 bridgehead atoms. The molecule has 0 saturated heterocycles. The van der Waals surface area contributed by atoms with E-state index in [1.807, 2.05) is 0 Å². The Hall–Kier alpha value is -2.93. The van der Waals surface area contributed by atoms with Crippen LogP contribution in [-0.2, 0) is 10.0 Å². The third-order valence-electron chi connectivity index (χ3n) is 3.66. The lowest BCUT2D eigenvalue weighted by molar-refractivity contribution is 0.104. The highest BCUT2D eigenvalue weighted by molar-refractivity contribution is 7.90. The second-order valence-electron chi connectivity index (χ2n) is 5.69. The molecule has 0 aliphatic rings. The van der Waals surface area contributed by atoms with Crippen LogP contribution in [0.15, 0.2) is 72.2 Å². The normalized spacial score (nSPS) is 11.9. The van der Waals surface area contributed by atoms with Gasteiger partial charge in [-0.05, 0) is 18.2 Å². The van der Waals surface area contributed by atoms with Crippen LogP contribution in [-0.4, -0.2) is 42.2 Å². The second kappa shape index (κ2) is 6.52. The molecule has 0 fully saturated rings. The van der Waals surface area contributed by atoms with Gasteiger partial charge in [0.15, 0.2) is 5.78 Å². The number of ketones is 1. The first kappa shape index (κ1) is 16.9. The van der Waals surface area contributed by atoms with Gasteiger partial charge in [0.2, 0.25) is 0 Å². The molecule has 0 spiro atoms. The SMILES string of the molecule is CN(C)/C=C/C(=O)c1cn(S(=O)(=O)c2ccccc2)c2cnccc12. The molecule has 0 amide bonds. The zero-order chi connectivity index (χ0) is 18.0. The monoisotopic (exact) mass is 355 g/mol. The molecule has 6 nitrogen and oxygen atoms in total. The Morgan fingerprint density at radius 3 is 2.56 bits per heavy atom. The van der Waals surface area contributed by atoms with E-state index in [0.717, 1.165) is 3.97 Å². The maximum Gasteiger partial charge on any atom is 0.268 e. The molecule has 0 atom stereocenters. The van der Waals surface area contributed by atoms with Gasteiger partial charge in [-0.25, -0.2) is 12.4 Å². The van der Waals surface area contributed by atoms with Crippen LogP contribution in [0.2, 0.25) is 0 Å². The van der Waals surface area contributed by atoms with Crippen LogP contribution in [0.3, 0.4) is 0 Å². The number of hydrogen-bond donors (Lipinski definition) is 0. The first-order chi connectivity index (χ1) is 11.9. The van der Waals surface area contributed by atoms with Crippen molar-refractivity contribution in [3.8, 4) is 0 Å². The molecule has 3 aromatic rings. The van der Waals surface area contributed by atoms with Crippen molar-refractivity contribution in [1.82, 2.24) is 13.9 Å². The van der Waals surface area contributed by atoms with E-state index in [-0.39, 0.29) is 10.7 Å². The molecule has 0 aliphatic carbocycles. The number of fused-ring (bicyclic) bond motifs is 1. The van der Waals surface area contributed by atoms with Crippen molar-refractivity contribution in [2.75, 3.05) is 14.1 Å². The predicted molar refractivity (Wildman–Crippen MR) is 95.9 cm³/mol. The van der Waals surface area contributed by atoms with Gasteiger partial charge in [-0.2, -0.15) is 0 Å². The number of nitrogens with zero attached hydrogens (tertiary/aromatic N) is 3. The molecule has 0 N–H and O–H groups in total. The topological polar surface area (TPSA) is 72.3 Å². The van der Waals surface area contributed by atoms with Crippen molar-refractivity contribution in [2.24, 2.45) is 0 Å². The van der Waals surface area contributed by atoms with E-state index < -0.39 is 10.0 Å². The Kier molecular flexibility index (Phi) is 4.41. The van der Waals surface area contributed by atoms with Crippen LogP contribution >= 0.6 is 0 Å². The number of hydrogen-bond acceptors (Lipinski definition) is 5. The van der Waals surface area contributed by atoms with Crippen LogP contribution in [0.4, 0.5) is 0 Å². The van der Waals surface area contributed by atoms with Gasteiger partial charge in [0, 0.05) is 49.7 Å². The molecule has 3 rings (SSSR count). The number of carbonyl (C=O) groups is 1. The predicted octanol–water partition coefficient (Wildman–Crippen LogP) is 2.53. The van der Waals surface area contributed by atoms with Crippen molar-refractivity contribution >= 4 is 26.7 Å². The van der Waals surface area contributed by atoms with Gasteiger partial charge in [0.05, 0.1) is 16.6 Å². The largest absolute Gasteiger partial charge is 0.383 e. The average Bonchev–Trinajstić information content (AvgIpc) is 3.01. The van der Waals surface area contributed by atoms with Gasteiger partial charge in [-0.1, -0.05) is 18.2 Å². The van der Waals surface area contributed by atoms with Gasteiger partial charge in [-0.3, -0.25) is 9.78 Å². The molecule has 1 aromatic carbocycles. The summed E-state index contributed by atoms with van der Waals surface area (Å²) in [7, 11) is -0.215. The molecule has 0 aliphatic heterocycles. The third kappa shape index (κ3) is 3.18. The average molecular weight is 355 g/mol. The fourth-order valence-electron chi connectivity index (χ4n) is 2.45. The number of benzene rings is 1. The Labute approximate surface area is 146 Å². The summed E-state index contributed by atoms with van der Waals surface area (Å²) >= 11 is 0. The van der Waals surface area contributed by atoms with Crippen LogP contribution in [0.1, 0.15) is 10.4 Å². The summed E-state index contributed by atoms with van der Waals surface area (Å²) in [6.07, 6.45) is 7.38. The molecule has 128 valence electrons. The summed E-state index contributed by atoms with van der Waals surface area (Å²) in [6.45, 7) is 0. The molecule has 7 heteroatoms. The van der Waals surface area contributed by atoms with E-state index in [1.165, 1.54) is 36.8 Å². The van der Waals surface area contributed by atoms with E-state index in [1.54, 1.807) is 49.5 Å². The minimum Gasteiger partial charge on any atom is -0.383 e. The van der Waals surface area contributed by atoms with Gasteiger partial charge < -0.3 is 4.90 Å². The molecule has 0 radical (unpaired) electrons. The quantitative estimate of drug-likeness (QED) is 0.519. The number of carbonyl (C=O) groups excluding carboxylic acids is 1. The zero-order valence-corrected chi connectivity index (χ0v) is 14.6. The summed E-state index contributed by atoms with van der Waals surface area (Å²) in [6, 6.07) is 9.74. The number of pyridine rings is 1. The summed E-state index contributed by atoms with van der Waals surface area (Å²) in [5.74, 6) is -0.271. The first-order valence-corrected chi connectivity index (χ1v) is 9.00. The highest BCUT2D eigenvalue weighted by Gasteiger charge is 2.22. The molecular formula is C18H17N3O3S. The van der Waals surface area contributed by atoms with Crippen LogP contribution in [0.5, 0.6) is 0 Å². The van der Waals surface area contributed by atoms with E-state index in [9.17, 15) is 13.2 Å². The lowest BCUT2D eigenvalue weighted by atomic mass is 10.1. The zero-order valence-electron chi connectivity index (χ0n) is 13.8. The smallest absolute Gasteiger partial charge is 0.268 e. The lowest BCUT2D eigenvalue weighted by Crippen LogP contribution is -2.12. The number of allylic oxidation sites excluding steroid dienone is 1. The van der Waals surface area contributed by atoms with Gasteiger partial charge >= 0.3 is 0 Å². The molecular weight excluding hydrogens is 338 g/mol. The van der Waals surface area contributed by atoms with Crippen LogP contribution < -0.4 is 0 Å². The van der Waals surface area contributed by atoms with Crippen molar-refractivity contribution in [1.29, 1.82) is 0 Å². The fraction of sp³-hybridized carbons (Fsp3) is 0.111. The Bertz CT molecular complexity index is 1050. The highest BCUT2D eigenvalue weighted by Crippen LogP contribution is 2.25. The van der Waals surface area contributed by atoms with Crippen LogP contribution in [0, 0.1) is 0 Å². The van der Waals surface area contributed by atoms with Gasteiger partial charge in [0.25, 0.3) is 10.0 Å². The third-order valence-corrected chi connectivity index (χ3v) is 5.35. The Balaban J connectivity index is 2.20. The van der Waals surface area contributed by atoms with E-state index in [0.29, 0.717) is 16.5 Å². The minimum absolute atomic E-state index is 0.151. The van der Waals surface area contributed by atoms with Gasteiger partial charge in [0.1, 0.15) is 0 Å². The highest BCUT2D eigenvalue weighted by atomic mass is 32.2. The summed E-state index contributed by atoms with van der Waals surface area (Å²) < 4.78 is 27.0. The van der Waals surface area contributed by atoms with Crippen molar-refractivity contribution in [2.45, 2.75) is 4.90 Å². The van der Waals surface area contributed by atoms with Crippen molar-refractivity contribution in [3.63, 3.8) is 0 Å². The maximum absolute atomic E-state index is 12.9. The van der Waals surface area contributed by atoms with E-state index in [4.69, 9.17) is 0 Å². The molecule has 0 unspecified atom stereocenters. The van der Waals surface area contributed by atoms with Crippen molar-refractivity contribution in [3.05, 3.63) is 72.8 Å². The minimum atomic E-state index is -3.82. The number of rotatable bonds is 5. The molecule has 25 heavy (non-hydrogen) atoms. The first-order valence-electron chi connectivity index (χ1n) is 7.56. The molecule has 2 aromatic heterocycles. The maximum atomic E-state index is 12.9. The molecule has 0 saturated carbocycles. The van der Waals surface area contributed by atoms with Crippen LogP contribution in [0.25, 0.3) is 10.9 Å². The van der Waals surface area contributed by atoms with Crippen molar-refractivity contribution < 1.29 is 13.2 Å². The summed E-state index contributed by atoms with van der Waals surface area (Å²) in [4.78, 5) is 18.4. The fourth-order valence-corrected chi connectivity index (χ4v) is 3.83. The number of aromatic nitrogens is 2. The second-order valence-corrected chi connectivity index (χ2v) is 7.51. The van der Waals surface area contributed by atoms with E-state index >= 15 is 0 Å².